The van der Waals surface area contributed by atoms with Crippen LogP contribution in [0.5, 0.6) is 0 Å². The van der Waals surface area contributed by atoms with E-state index in [4.69, 9.17) is 0 Å². The number of aromatic amines is 2. The molecule has 0 radical (unpaired) electrons. The van der Waals surface area contributed by atoms with E-state index < -0.39 is 0 Å². The number of hydrogen-bond donors (Lipinski definition) is 2. The molecular weight excluding hydrogens is 264 g/mol. The minimum atomic E-state index is 0.134. The Labute approximate surface area is 124 Å². The van der Waals surface area contributed by atoms with E-state index in [-0.39, 0.29) is 5.43 Å². The number of aryl methyl sites for hydroxylation is 1. The van der Waals surface area contributed by atoms with Crippen molar-refractivity contribution in [1.29, 1.82) is 0 Å². The Morgan fingerprint density at radius 3 is 2.81 bits per heavy atom. The molecule has 0 bridgehead atoms. The predicted octanol–water partition coefficient (Wildman–Crippen LogP) is 2.22. The zero-order valence-corrected chi connectivity index (χ0v) is 12.9. The standard InChI is InChI=1S/C16H22N4O/c1-10-7-17-15(11(2)16(10)21)9-20(3)8-13-6-14(19-18-13)12-4-5-12/h6-7,12H,4-5,8-9H2,1-3H3,(H,17,21)(H,18,19). The highest BCUT2D eigenvalue weighted by Gasteiger charge is 2.26. The monoisotopic (exact) mass is 286 g/mol. The molecule has 0 saturated heterocycles. The molecule has 2 aromatic rings. The van der Waals surface area contributed by atoms with Crippen LogP contribution in [-0.4, -0.2) is 27.1 Å². The average molecular weight is 286 g/mol. The van der Waals surface area contributed by atoms with Crippen molar-refractivity contribution in [2.45, 2.75) is 45.7 Å². The van der Waals surface area contributed by atoms with Gasteiger partial charge in [-0.25, -0.2) is 0 Å². The zero-order valence-electron chi connectivity index (χ0n) is 12.9. The lowest BCUT2D eigenvalue weighted by molar-refractivity contribution is 0.310. The highest BCUT2D eigenvalue weighted by atomic mass is 16.1. The smallest absolute Gasteiger partial charge is 0.187 e. The Bertz CT molecular complexity index is 697. The minimum Gasteiger partial charge on any atom is -0.363 e. The second-order valence-corrected chi connectivity index (χ2v) is 6.17. The molecular formula is C16H22N4O. The molecule has 2 aromatic heterocycles. The number of pyridine rings is 1. The number of rotatable bonds is 5. The lowest BCUT2D eigenvalue weighted by atomic mass is 10.1. The van der Waals surface area contributed by atoms with Crippen molar-refractivity contribution in [3.05, 3.63) is 50.7 Å². The number of hydrogen-bond acceptors (Lipinski definition) is 3. The summed E-state index contributed by atoms with van der Waals surface area (Å²) in [6.07, 6.45) is 4.33. The molecule has 5 heteroatoms. The summed E-state index contributed by atoms with van der Waals surface area (Å²) in [5.41, 5.74) is 5.02. The summed E-state index contributed by atoms with van der Waals surface area (Å²) in [4.78, 5) is 17.4. The van der Waals surface area contributed by atoms with Gasteiger partial charge in [-0.05, 0) is 39.8 Å². The fraction of sp³-hybridized carbons (Fsp3) is 0.500. The van der Waals surface area contributed by atoms with Crippen LogP contribution in [0.1, 0.15) is 47.0 Å². The summed E-state index contributed by atoms with van der Waals surface area (Å²) in [6.45, 7) is 5.24. The largest absolute Gasteiger partial charge is 0.363 e. The molecule has 0 amide bonds. The van der Waals surface area contributed by atoms with Gasteiger partial charge < -0.3 is 4.98 Å². The van der Waals surface area contributed by atoms with Gasteiger partial charge >= 0.3 is 0 Å². The molecule has 0 unspecified atom stereocenters. The van der Waals surface area contributed by atoms with E-state index in [1.165, 1.54) is 18.5 Å². The maximum Gasteiger partial charge on any atom is 0.187 e. The molecule has 21 heavy (non-hydrogen) atoms. The summed E-state index contributed by atoms with van der Waals surface area (Å²) in [5, 5.41) is 7.49. The predicted molar refractivity (Wildman–Crippen MR) is 82.3 cm³/mol. The van der Waals surface area contributed by atoms with E-state index in [0.717, 1.165) is 35.6 Å². The molecule has 0 aromatic carbocycles. The second kappa shape index (κ2) is 5.48. The van der Waals surface area contributed by atoms with E-state index in [1.807, 2.05) is 13.8 Å². The zero-order chi connectivity index (χ0) is 15.0. The molecule has 1 aliphatic carbocycles. The molecule has 3 rings (SSSR count). The van der Waals surface area contributed by atoms with Gasteiger partial charge in [0.15, 0.2) is 5.43 Å². The Kier molecular flexibility index (Phi) is 3.68. The first-order valence-corrected chi connectivity index (χ1v) is 7.45. The van der Waals surface area contributed by atoms with Crippen LogP contribution in [0.3, 0.4) is 0 Å². The number of nitrogens with zero attached hydrogens (tertiary/aromatic N) is 2. The molecule has 1 aliphatic rings. The van der Waals surface area contributed by atoms with Gasteiger partial charge in [-0.2, -0.15) is 5.10 Å². The van der Waals surface area contributed by atoms with Gasteiger partial charge in [0.25, 0.3) is 0 Å². The molecule has 0 atom stereocenters. The number of aromatic nitrogens is 3. The van der Waals surface area contributed by atoms with Gasteiger partial charge in [-0.15, -0.1) is 0 Å². The molecule has 0 aliphatic heterocycles. The molecule has 5 nitrogen and oxygen atoms in total. The van der Waals surface area contributed by atoms with Gasteiger partial charge in [0, 0.05) is 47.7 Å². The summed E-state index contributed by atoms with van der Waals surface area (Å²) in [6, 6.07) is 2.17. The second-order valence-electron chi connectivity index (χ2n) is 6.17. The van der Waals surface area contributed by atoms with Gasteiger partial charge in [0.1, 0.15) is 0 Å². The third-order valence-corrected chi connectivity index (χ3v) is 4.13. The highest BCUT2D eigenvalue weighted by Crippen LogP contribution is 2.39. The van der Waals surface area contributed by atoms with Crippen molar-refractivity contribution in [3.8, 4) is 0 Å². The normalized spacial score (nSPS) is 14.9. The van der Waals surface area contributed by atoms with E-state index in [2.05, 4.69) is 33.2 Å². The molecule has 0 spiro atoms. The van der Waals surface area contributed by atoms with Crippen LogP contribution in [0.4, 0.5) is 0 Å². The first-order chi connectivity index (χ1) is 10.0. The van der Waals surface area contributed by atoms with Crippen LogP contribution in [0, 0.1) is 13.8 Å². The maximum atomic E-state index is 12.0. The first kappa shape index (κ1) is 14.1. The fourth-order valence-corrected chi connectivity index (χ4v) is 2.63. The van der Waals surface area contributed by atoms with Crippen molar-refractivity contribution >= 4 is 0 Å². The number of H-pyrrole nitrogens is 2. The third-order valence-electron chi connectivity index (χ3n) is 4.13. The first-order valence-electron chi connectivity index (χ1n) is 7.45. The molecule has 1 saturated carbocycles. The summed E-state index contributed by atoms with van der Waals surface area (Å²) < 4.78 is 0. The maximum absolute atomic E-state index is 12.0. The van der Waals surface area contributed by atoms with Crippen molar-refractivity contribution in [1.82, 2.24) is 20.1 Å². The molecule has 112 valence electrons. The summed E-state index contributed by atoms with van der Waals surface area (Å²) in [7, 11) is 2.05. The Morgan fingerprint density at radius 1 is 1.33 bits per heavy atom. The van der Waals surface area contributed by atoms with Gasteiger partial charge in [-0.3, -0.25) is 14.8 Å². The van der Waals surface area contributed by atoms with Crippen molar-refractivity contribution in [2.75, 3.05) is 7.05 Å². The van der Waals surface area contributed by atoms with Crippen LogP contribution in [0.25, 0.3) is 0 Å². The van der Waals surface area contributed by atoms with Crippen LogP contribution in [0.15, 0.2) is 17.1 Å². The van der Waals surface area contributed by atoms with Crippen molar-refractivity contribution < 1.29 is 0 Å². The SMILES string of the molecule is Cc1c[nH]c(CN(C)Cc2cc(C3CC3)n[nH]2)c(C)c1=O. The topological polar surface area (TPSA) is 64.8 Å². The lowest BCUT2D eigenvalue weighted by Crippen LogP contribution is -2.22. The average Bonchev–Trinajstić information content (AvgIpc) is 3.20. The van der Waals surface area contributed by atoms with Crippen molar-refractivity contribution in [2.24, 2.45) is 0 Å². The Balaban J connectivity index is 1.66. The quantitative estimate of drug-likeness (QED) is 0.886. The van der Waals surface area contributed by atoms with E-state index in [9.17, 15) is 4.79 Å². The Morgan fingerprint density at radius 2 is 2.10 bits per heavy atom. The van der Waals surface area contributed by atoms with Crippen LogP contribution in [-0.2, 0) is 13.1 Å². The summed E-state index contributed by atoms with van der Waals surface area (Å²) >= 11 is 0. The van der Waals surface area contributed by atoms with E-state index >= 15 is 0 Å². The van der Waals surface area contributed by atoms with Gasteiger partial charge in [-0.1, -0.05) is 0 Å². The Hall–Kier alpha value is -1.88. The molecule has 1 fully saturated rings. The van der Waals surface area contributed by atoms with Gasteiger partial charge in [0.05, 0.1) is 5.69 Å². The summed E-state index contributed by atoms with van der Waals surface area (Å²) in [5.74, 6) is 0.677. The fourth-order valence-electron chi connectivity index (χ4n) is 2.63. The van der Waals surface area contributed by atoms with Crippen LogP contribution in [0.2, 0.25) is 0 Å². The lowest BCUT2D eigenvalue weighted by Gasteiger charge is -2.17. The minimum absolute atomic E-state index is 0.134. The van der Waals surface area contributed by atoms with E-state index in [1.54, 1.807) is 6.20 Å². The van der Waals surface area contributed by atoms with E-state index in [0.29, 0.717) is 5.92 Å². The highest BCUT2D eigenvalue weighted by molar-refractivity contribution is 5.23. The van der Waals surface area contributed by atoms with Gasteiger partial charge in [0.2, 0.25) is 0 Å². The van der Waals surface area contributed by atoms with Crippen LogP contribution < -0.4 is 5.43 Å². The van der Waals surface area contributed by atoms with Crippen molar-refractivity contribution in [3.63, 3.8) is 0 Å². The van der Waals surface area contributed by atoms with Crippen LogP contribution >= 0.6 is 0 Å². The number of nitrogens with one attached hydrogen (secondary N) is 2. The third kappa shape index (κ3) is 3.08. The molecule has 2 heterocycles. The molecule has 2 N–H and O–H groups in total.